The molecule has 0 aliphatic rings. The molecule has 0 radical (unpaired) electrons. The maximum atomic E-state index is 12.1. The molecule has 19 heavy (non-hydrogen) atoms. The van der Waals surface area contributed by atoms with Gasteiger partial charge in [-0.2, -0.15) is 0 Å². The molecule has 0 aliphatic heterocycles. The summed E-state index contributed by atoms with van der Waals surface area (Å²) in [5.41, 5.74) is 0.541. The highest BCUT2D eigenvalue weighted by Gasteiger charge is 2.19. The van der Waals surface area contributed by atoms with Gasteiger partial charge >= 0.3 is 0 Å². The largest absolute Gasteiger partial charge is 0.497 e. The highest BCUT2D eigenvalue weighted by Crippen LogP contribution is 2.18. The first kappa shape index (κ1) is 15.4. The van der Waals surface area contributed by atoms with Crippen LogP contribution < -0.4 is 4.74 Å². The van der Waals surface area contributed by atoms with Crippen LogP contribution in [0.1, 0.15) is 49.9 Å². The van der Waals surface area contributed by atoms with Crippen molar-refractivity contribution in [2.24, 2.45) is 5.92 Å². The number of ether oxygens (including phenoxy) is 1. The fourth-order valence-electron chi connectivity index (χ4n) is 2.14. The lowest BCUT2D eigenvalue weighted by molar-refractivity contribution is -0.122. The van der Waals surface area contributed by atoms with Crippen molar-refractivity contribution in [2.75, 3.05) is 7.11 Å². The van der Waals surface area contributed by atoms with Crippen LogP contribution in [0.25, 0.3) is 0 Å². The zero-order valence-corrected chi connectivity index (χ0v) is 11.9. The molecule has 1 unspecified atom stereocenters. The summed E-state index contributed by atoms with van der Waals surface area (Å²) in [5, 5.41) is 0. The molecule has 0 fully saturated rings. The molecule has 3 heteroatoms. The van der Waals surface area contributed by atoms with E-state index < -0.39 is 0 Å². The van der Waals surface area contributed by atoms with E-state index in [1.807, 2.05) is 6.92 Å². The van der Waals surface area contributed by atoms with Crippen LogP contribution in [0.2, 0.25) is 0 Å². The summed E-state index contributed by atoms with van der Waals surface area (Å²) >= 11 is 0. The normalized spacial score (nSPS) is 11.9. The first-order valence-corrected chi connectivity index (χ1v) is 6.82. The molecule has 0 aromatic heterocycles. The molecule has 0 N–H and O–H groups in total. The molecular weight excluding hydrogens is 240 g/mol. The van der Waals surface area contributed by atoms with Gasteiger partial charge in [0.25, 0.3) is 0 Å². The molecule has 1 aromatic carbocycles. The minimum Gasteiger partial charge on any atom is -0.497 e. The van der Waals surface area contributed by atoms with Gasteiger partial charge in [-0.05, 0) is 25.0 Å². The van der Waals surface area contributed by atoms with E-state index in [9.17, 15) is 9.59 Å². The van der Waals surface area contributed by atoms with Gasteiger partial charge < -0.3 is 4.74 Å². The summed E-state index contributed by atoms with van der Waals surface area (Å²) in [6, 6.07) is 6.94. The molecule has 1 rings (SSSR count). The Morgan fingerprint density at radius 1 is 1.26 bits per heavy atom. The van der Waals surface area contributed by atoms with Crippen LogP contribution in [-0.2, 0) is 4.79 Å². The quantitative estimate of drug-likeness (QED) is 0.530. The minimum atomic E-state index is -0.126. The molecule has 0 heterocycles. The number of carbonyl (C=O) groups excluding carboxylic acids is 2. The molecule has 1 atom stereocenters. The van der Waals surface area contributed by atoms with Crippen molar-refractivity contribution in [1.82, 2.24) is 0 Å². The van der Waals surface area contributed by atoms with Crippen molar-refractivity contribution in [3.63, 3.8) is 0 Å². The van der Waals surface area contributed by atoms with E-state index in [-0.39, 0.29) is 23.9 Å². The van der Waals surface area contributed by atoms with Gasteiger partial charge in [0, 0.05) is 11.5 Å². The predicted octanol–water partition coefficient (Wildman–Crippen LogP) is 3.66. The van der Waals surface area contributed by atoms with Gasteiger partial charge in [-0.3, -0.25) is 9.59 Å². The third-order valence-electron chi connectivity index (χ3n) is 3.31. The Balaban J connectivity index is 2.70. The Morgan fingerprint density at radius 2 is 2.00 bits per heavy atom. The second kappa shape index (κ2) is 7.72. The number of methoxy groups -OCH3 is 1. The van der Waals surface area contributed by atoms with Crippen LogP contribution >= 0.6 is 0 Å². The molecule has 0 bridgehead atoms. The SMILES string of the molecule is CCCC(CC)C(=O)CC(=O)c1cccc(OC)c1. The number of ketones is 2. The predicted molar refractivity (Wildman–Crippen MR) is 75.6 cm³/mol. The Hall–Kier alpha value is -1.64. The molecule has 0 aliphatic carbocycles. The summed E-state index contributed by atoms with van der Waals surface area (Å²) in [6.07, 6.45) is 2.63. The van der Waals surface area contributed by atoms with E-state index in [1.165, 1.54) is 0 Å². The van der Waals surface area contributed by atoms with Gasteiger partial charge in [0.15, 0.2) is 5.78 Å². The fraction of sp³-hybridized carbons (Fsp3) is 0.500. The molecule has 0 spiro atoms. The first-order chi connectivity index (χ1) is 9.12. The summed E-state index contributed by atoms with van der Waals surface area (Å²) < 4.78 is 5.08. The molecule has 0 saturated carbocycles. The number of hydrogen-bond acceptors (Lipinski definition) is 3. The molecule has 1 aromatic rings. The van der Waals surface area contributed by atoms with E-state index in [0.717, 1.165) is 19.3 Å². The van der Waals surface area contributed by atoms with Crippen molar-refractivity contribution >= 4 is 11.6 Å². The summed E-state index contributed by atoms with van der Waals surface area (Å²) in [5.74, 6) is 0.578. The Labute approximate surface area is 115 Å². The van der Waals surface area contributed by atoms with E-state index in [1.54, 1.807) is 31.4 Å². The van der Waals surface area contributed by atoms with Gasteiger partial charge in [-0.25, -0.2) is 0 Å². The Bertz CT molecular complexity index is 437. The zero-order valence-electron chi connectivity index (χ0n) is 11.9. The Kier molecular flexibility index (Phi) is 6.26. The van der Waals surface area contributed by atoms with Gasteiger partial charge in [0.1, 0.15) is 11.5 Å². The summed E-state index contributed by atoms with van der Waals surface area (Å²) in [6.45, 7) is 4.05. The summed E-state index contributed by atoms with van der Waals surface area (Å²) in [4.78, 5) is 24.1. The standard InChI is InChI=1S/C16H22O3/c1-4-7-12(5-2)15(17)11-16(18)13-8-6-9-14(10-13)19-3/h6,8-10,12H,4-5,7,11H2,1-3H3. The van der Waals surface area contributed by atoms with Crippen molar-refractivity contribution in [3.05, 3.63) is 29.8 Å². The lowest BCUT2D eigenvalue weighted by atomic mass is 9.91. The van der Waals surface area contributed by atoms with Crippen molar-refractivity contribution in [3.8, 4) is 5.75 Å². The third-order valence-corrected chi connectivity index (χ3v) is 3.31. The monoisotopic (exact) mass is 262 g/mol. The smallest absolute Gasteiger partial charge is 0.170 e. The molecule has 104 valence electrons. The highest BCUT2D eigenvalue weighted by atomic mass is 16.5. The van der Waals surface area contributed by atoms with E-state index >= 15 is 0 Å². The number of Topliss-reactive ketones (excluding diaryl/α,β-unsaturated/α-hetero) is 2. The van der Waals surface area contributed by atoms with Crippen LogP contribution in [0.3, 0.4) is 0 Å². The lowest BCUT2D eigenvalue weighted by Crippen LogP contribution is -2.17. The number of benzene rings is 1. The van der Waals surface area contributed by atoms with Crippen molar-refractivity contribution in [1.29, 1.82) is 0 Å². The van der Waals surface area contributed by atoms with Crippen LogP contribution in [0, 0.1) is 5.92 Å². The molecule has 0 saturated heterocycles. The topological polar surface area (TPSA) is 43.4 Å². The molecular formula is C16H22O3. The van der Waals surface area contributed by atoms with Crippen LogP contribution in [0.15, 0.2) is 24.3 Å². The van der Waals surface area contributed by atoms with Gasteiger partial charge in [0.2, 0.25) is 0 Å². The number of carbonyl (C=O) groups is 2. The maximum Gasteiger partial charge on any atom is 0.170 e. The van der Waals surface area contributed by atoms with Gasteiger partial charge in [-0.1, -0.05) is 32.4 Å². The van der Waals surface area contributed by atoms with E-state index in [4.69, 9.17) is 4.74 Å². The maximum absolute atomic E-state index is 12.1. The highest BCUT2D eigenvalue weighted by molar-refractivity contribution is 6.08. The average Bonchev–Trinajstić information content (AvgIpc) is 2.44. The minimum absolute atomic E-state index is 0.00826. The van der Waals surface area contributed by atoms with Crippen LogP contribution in [-0.4, -0.2) is 18.7 Å². The lowest BCUT2D eigenvalue weighted by Gasteiger charge is -2.12. The average molecular weight is 262 g/mol. The van der Waals surface area contributed by atoms with Gasteiger partial charge in [0.05, 0.1) is 13.5 Å². The third kappa shape index (κ3) is 4.51. The summed E-state index contributed by atoms with van der Waals surface area (Å²) in [7, 11) is 1.56. The van der Waals surface area contributed by atoms with Crippen LogP contribution in [0.5, 0.6) is 5.75 Å². The van der Waals surface area contributed by atoms with Gasteiger partial charge in [-0.15, -0.1) is 0 Å². The second-order valence-electron chi connectivity index (χ2n) is 4.69. The molecule has 3 nitrogen and oxygen atoms in total. The van der Waals surface area contributed by atoms with E-state index in [0.29, 0.717) is 11.3 Å². The van der Waals surface area contributed by atoms with Crippen molar-refractivity contribution in [2.45, 2.75) is 39.5 Å². The first-order valence-electron chi connectivity index (χ1n) is 6.82. The van der Waals surface area contributed by atoms with Crippen molar-refractivity contribution < 1.29 is 14.3 Å². The van der Waals surface area contributed by atoms with E-state index in [2.05, 4.69) is 6.92 Å². The zero-order chi connectivity index (χ0) is 14.3. The number of rotatable bonds is 8. The molecule has 0 amide bonds. The fourth-order valence-corrected chi connectivity index (χ4v) is 2.14. The second-order valence-corrected chi connectivity index (χ2v) is 4.69. The Morgan fingerprint density at radius 3 is 2.58 bits per heavy atom. The number of hydrogen-bond donors (Lipinski definition) is 0. The van der Waals surface area contributed by atoms with Crippen LogP contribution in [0.4, 0.5) is 0 Å².